The van der Waals surface area contributed by atoms with Crippen LogP contribution in [0.3, 0.4) is 0 Å². The fraction of sp³-hybridized carbons (Fsp3) is 0.600. The molecule has 1 aromatic carbocycles. The average molecular weight is 313 g/mol. The highest BCUT2D eigenvalue weighted by Gasteiger charge is 2.11. The Balaban J connectivity index is 2.51. The molecule has 3 N–H and O–H groups in total. The Morgan fingerprint density at radius 1 is 1.29 bits per heavy atom. The number of sulfonamides is 1. The topological polar surface area (TPSA) is 75.4 Å². The molecule has 0 aliphatic heterocycles. The maximum absolute atomic E-state index is 11.4. The number of nitrogens with one attached hydrogen (secondary N) is 1. The van der Waals surface area contributed by atoms with Gasteiger partial charge in [-0.3, -0.25) is 0 Å². The van der Waals surface area contributed by atoms with Crippen LogP contribution in [0.15, 0.2) is 29.2 Å². The summed E-state index contributed by atoms with van der Waals surface area (Å²) in [4.78, 5) is 2.46. The molecule has 1 rings (SSSR count). The van der Waals surface area contributed by atoms with Crippen LogP contribution < -0.4 is 10.5 Å². The first-order valence-electron chi connectivity index (χ1n) is 7.28. The molecule has 0 aliphatic carbocycles. The van der Waals surface area contributed by atoms with Crippen LogP contribution in [-0.2, 0) is 10.0 Å². The van der Waals surface area contributed by atoms with Crippen LogP contribution in [0.1, 0.15) is 38.8 Å². The van der Waals surface area contributed by atoms with Gasteiger partial charge in [-0.15, -0.1) is 0 Å². The number of benzene rings is 1. The molecule has 1 unspecified atom stereocenters. The highest BCUT2D eigenvalue weighted by molar-refractivity contribution is 7.89. The quantitative estimate of drug-likeness (QED) is 0.717. The molecule has 0 heterocycles. The Bertz CT molecular complexity index is 544. The summed E-state index contributed by atoms with van der Waals surface area (Å²) in [5.41, 5.74) is 0.929. The van der Waals surface area contributed by atoms with Crippen LogP contribution >= 0.6 is 0 Å². The second-order valence-corrected chi connectivity index (χ2v) is 7.28. The van der Waals surface area contributed by atoms with Crippen LogP contribution in [0.2, 0.25) is 0 Å². The zero-order valence-electron chi connectivity index (χ0n) is 13.3. The lowest BCUT2D eigenvalue weighted by molar-refractivity contribution is 0.268. The zero-order chi connectivity index (χ0) is 16.0. The van der Waals surface area contributed by atoms with Crippen molar-refractivity contribution in [3.8, 4) is 0 Å². The predicted octanol–water partition coefficient (Wildman–Crippen LogP) is 1.71. The molecule has 120 valence electrons. The fourth-order valence-corrected chi connectivity index (χ4v) is 2.55. The Hall–Kier alpha value is -0.950. The van der Waals surface area contributed by atoms with E-state index in [9.17, 15) is 8.42 Å². The SMILES string of the molecule is CC(NCCCN(C)C(C)C)c1cccc(S(N)(=O)=O)c1. The minimum absolute atomic E-state index is 0.0936. The zero-order valence-corrected chi connectivity index (χ0v) is 14.2. The van der Waals surface area contributed by atoms with Crippen molar-refractivity contribution in [3.63, 3.8) is 0 Å². The first-order valence-corrected chi connectivity index (χ1v) is 8.83. The van der Waals surface area contributed by atoms with Gasteiger partial charge in [-0.1, -0.05) is 12.1 Å². The van der Waals surface area contributed by atoms with Crippen molar-refractivity contribution < 1.29 is 8.42 Å². The molecule has 0 aliphatic rings. The lowest BCUT2D eigenvalue weighted by Crippen LogP contribution is -2.30. The Labute approximate surface area is 128 Å². The Kier molecular flexibility index (Phi) is 6.80. The molecule has 1 atom stereocenters. The van der Waals surface area contributed by atoms with Crippen LogP contribution in [-0.4, -0.2) is 39.5 Å². The molecule has 0 spiro atoms. The van der Waals surface area contributed by atoms with Crippen molar-refractivity contribution in [2.24, 2.45) is 5.14 Å². The molecule has 6 heteroatoms. The van der Waals surface area contributed by atoms with E-state index < -0.39 is 10.0 Å². The molecule has 0 aromatic heterocycles. The van der Waals surface area contributed by atoms with Crippen molar-refractivity contribution in [1.29, 1.82) is 0 Å². The third kappa shape index (κ3) is 6.13. The average Bonchev–Trinajstić information content (AvgIpc) is 2.42. The molecule has 21 heavy (non-hydrogen) atoms. The molecule has 0 fully saturated rings. The van der Waals surface area contributed by atoms with Gasteiger partial charge in [-0.25, -0.2) is 13.6 Å². The van der Waals surface area contributed by atoms with Gasteiger partial charge in [0.1, 0.15) is 0 Å². The first kappa shape index (κ1) is 18.1. The minimum atomic E-state index is -3.64. The van der Waals surface area contributed by atoms with E-state index in [4.69, 9.17) is 5.14 Å². The van der Waals surface area contributed by atoms with Gasteiger partial charge in [0, 0.05) is 12.1 Å². The van der Waals surface area contributed by atoms with Crippen molar-refractivity contribution in [2.75, 3.05) is 20.1 Å². The number of nitrogens with zero attached hydrogens (tertiary/aromatic N) is 1. The summed E-state index contributed by atoms with van der Waals surface area (Å²) >= 11 is 0. The van der Waals surface area contributed by atoms with Gasteiger partial charge in [0.05, 0.1) is 4.90 Å². The first-order chi connectivity index (χ1) is 9.71. The largest absolute Gasteiger partial charge is 0.310 e. The van der Waals surface area contributed by atoms with Crippen LogP contribution in [0.4, 0.5) is 0 Å². The lowest BCUT2D eigenvalue weighted by Gasteiger charge is -2.21. The van der Waals surface area contributed by atoms with Gasteiger partial charge in [0.15, 0.2) is 0 Å². The Morgan fingerprint density at radius 3 is 2.52 bits per heavy atom. The van der Waals surface area contributed by atoms with Crippen molar-refractivity contribution in [1.82, 2.24) is 10.2 Å². The summed E-state index contributed by atoms with van der Waals surface area (Å²) in [5.74, 6) is 0. The van der Waals surface area contributed by atoms with Gasteiger partial charge in [-0.2, -0.15) is 0 Å². The van der Waals surface area contributed by atoms with Gasteiger partial charge in [-0.05, 0) is 65.0 Å². The molecular formula is C15H27N3O2S. The molecule has 5 nitrogen and oxygen atoms in total. The van der Waals surface area contributed by atoms with E-state index in [-0.39, 0.29) is 10.9 Å². The molecular weight excluding hydrogens is 286 g/mol. The number of primary sulfonamides is 1. The smallest absolute Gasteiger partial charge is 0.238 e. The molecule has 0 radical (unpaired) electrons. The number of hydrogen-bond acceptors (Lipinski definition) is 4. The molecule has 0 amide bonds. The molecule has 0 saturated heterocycles. The van der Waals surface area contributed by atoms with E-state index in [1.54, 1.807) is 12.1 Å². The third-order valence-corrected chi connectivity index (χ3v) is 4.62. The summed E-state index contributed by atoms with van der Waals surface area (Å²) in [6.07, 6.45) is 1.05. The monoisotopic (exact) mass is 313 g/mol. The van der Waals surface area contributed by atoms with E-state index >= 15 is 0 Å². The lowest BCUT2D eigenvalue weighted by atomic mass is 10.1. The van der Waals surface area contributed by atoms with Crippen molar-refractivity contribution in [3.05, 3.63) is 29.8 Å². The van der Waals surface area contributed by atoms with E-state index in [1.165, 1.54) is 6.07 Å². The summed E-state index contributed by atoms with van der Waals surface area (Å²) in [6, 6.07) is 7.42. The van der Waals surface area contributed by atoms with Gasteiger partial charge < -0.3 is 10.2 Å². The maximum atomic E-state index is 11.4. The van der Waals surface area contributed by atoms with E-state index in [2.05, 4.69) is 31.1 Å². The van der Waals surface area contributed by atoms with Crippen molar-refractivity contribution >= 4 is 10.0 Å². The number of nitrogens with two attached hydrogens (primary N) is 1. The molecule has 0 saturated carbocycles. The van der Waals surface area contributed by atoms with E-state index in [0.717, 1.165) is 25.1 Å². The molecule has 1 aromatic rings. The van der Waals surface area contributed by atoms with E-state index in [0.29, 0.717) is 6.04 Å². The van der Waals surface area contributed by atoms with E-state index in [1.807, 2.05) is 13.0 Å². The van der Waals surface area contributed by atoms with Gasteiger partial charge in [0.25, 0.3) is 0 Å². The highest BCUT2D eigenvalue weighted by Crippen LogP contribution is 2.16. The summed E-state index contributed by atoms with van der Waals surface area (Å²) < 4.78 is 22.7. The van der Waals surface area contributed by atoms with Crippen molar-refractivity contribution in [2.45, 2.75) is 44.2 Å². The number of hydrogen-bond donors (Lipinski definition) is 2. The van der Waals surface area contributed by atoms with Gasteiger partial charge in [0.2, 0.25) is 10.0 Å². The van der Waals surface area contributed by atoms with Gasteiger partial charge >= 0.3 is 0 Å². The Morgan fingerprint density at radius 2 is 1.95 bits per heavy atom. The van der Waals surface area contributed by atoms with Crippen LogP contribution in [0.25, 0.3) is 0 Å². The second-order valence-electron chi connectivity index (χ2n) is 5.72. The fourth-order valence-electron chi connectivity index (χ4n) is 1.98. The second kappa shape index (κ2) is 7.89. The summed E-state index contributed by atoms with van der Waals surface area (Å²) in [7, 11) is -1.52. The number of rotatable bonds is 8. The van der Waals surface area contributed by atoms with Crippen LogP contribution in [0.5, 0.6) is 0 Å². The third-order valence-electron chi connectivity index (χ3n) is 3.71. The standard InChI is InChI=1S/C15H27N3O2S/c1-12(2)18(4)10-6-9-17-13(3)14-7-5-8-15(11-14)21(16,19)20/h5,7-8,11-13,17H,6,9-10H2,1-4H3,(H2,16,19,20). The summed E-state index contributed by atoms with van der Waals surface area (Å²) in [6.45, 7) is 8.30. The summed E-state index contributed by atoms with van der Waals surface area (Å²) in [5, 5.41) is 8.56. The predicted molar refractivity (Wildman–Crippen MR) is 86.6 cm³/mol. The normalized spacial score (nSPS) is 13.9. The minimum Gasteiger partial charge on any atom is -0.310 e. The highest BCUT2D eigenvalue weighted by atomic mass is 32.2. The maximum Gasteiger partial charge on any atom is 0.238 e. The van der Waals surface area contributed by atoms with Crippen LogP contribution in [0, 0.1) is 0 Å². The molecule has 0 bridgehead atoms.